The minimum atomic E-state index is -3.95. The van der Waals surface area contributed by atoms with Gasteiger partial charge in [0.1, 0.15) is 28.2 Å². The molecule has 1 heterocycles. The second-order valence-corrected chi connectivity index (χ2v) is 11.9. The summed E-state index contributed by atoms with van der Waals surface area (Å²) in [6.45, 7) is 7.64. The van der Waals surface area contributed by atoms with Gasteiger partial charge in [-0.1, -0.05) is 30.9 Å². The Kier molecular flexibility index (Phi) is 8.80. The van der Waals surface area contributed by atoms with E-state index in [9.17, 15) is 23.0 Å². The quantitative estimate of drug-likeness (QED) is 0.572. The lowest BCUT2D eigenvalue weighted by Gasteiger charge is -2.37. The molecule has 1 aliphatic heterocycles. The van der Waals surface area contributed by atoms with E-state index in [1.807, 2.05) is 18.9 Å². The molecule has 0 amide bonds. The van der Waals surface area contributed by atoms with Crippen LogP contribution in [0.4, 0.5) is 4.39 Å². The molecule has 2 aromatic carbocycles. The monoisotopic (exact) mass is 518 g/mol. The third-order valence-electron chi connectivity index (χ3n) is 6.04. The molecule has 0 bridgehead atoms. The van der Waals surface area contributed by atoms with Crippen molar-refractivity contribution in [3.05, 3.63) is 59.4 Å². The molecule has 0 radical (unpaired) electrons. The summed E-state index contributed by atoms with van der Waals surface area (Å²) in [6.07, 6.45) is -0.379. The van der Waals surface area contributed by atoms with E-state index in [0.717, 1.165) is 5.56 Å². The van der Waals surface area contributed by atoms with Gasteiger partial charge in [-0.05, 0) is 63.7 Å². The van der Waals surface area contributed by atoms with E-state index in [4.69, 9.17) is 4.74 Å². The molecule has 0 spiro atoms. The second-order valence-electron chi connectivity index (χ2n) is 10.0. The number of aliphatic hydroxyl groups excluding tert-OH is 1. The van der Waals surface area contributed by atoms with Crippen molar-refractivity contribution in [2.45, 2.75) is 56.9 Å². The molecule has 1 aliphatic rings. The Morgan fingerprint density at radius 1 is 1.25 bits per heavy atom. The molecule has 196 valence electrons. The normalized spacial score (nSPS) is 20.9. The average molecular weight is 519 g/mol. The number of rotatable bonds is 6. The zero-order valence-corrected chi connectivity index (χ0v) is 22.2. The molecule has 0 unspecified atom stereocenters. The van der Waals surface area contributed by atoms with Gasteiger partial charge in [0.25, 0.3) is 0 Å². The first-order valence-corrected chi connectivity index (χ1v) is 13.4. The molecular weight excluding hydrogens is 483 g/mol. The first-order chi connectivity index (χ1) is 16.8. The molecule has 2 N–H and O–H groups in total. The molecule has 0 aromatic heterocycles. The van der Waals surface area contributed by atoms with Crippen LogP contribution in [0.15, 0.2) is 47.4 Å². The van der Waals surface area contributed by atoms with Crippen molar-refractivity contribution in [3.63, 3.8) is 0 Å². The van der Waals surface area contributed by atoms with E-state index < -0.39 is 21.7 Å². The summed E-state index contributed by atoms with van der Waals surface area (Å²) in [5.41, 5.74) is 0.254. The first kappa shape index (κ1) is 28.1. The summed E-state index contributed by atoms with van der Waals surface area (Å²) in [6, 6.07) is 10.3. The highest BCUT2D eigenvalue weighted by atomic mass is 32.2. The fraction of sp³-hybridized carbons (Fsp3) is 0.481. The predicted molar refractivity (Wildman–Crippen MR) is 136 cm³/mol. The van der Waals surface area contributed by atoms with Gasteiger partial charge in [-0.2, -0.15) is 4.31 Å². The maximum atomic E-state index is 13.6. The Morgan fingerprint density at radius 3 is 2.53 bits per heavy atom. The van der Waals surface area contributed by atoms with Crippen LogP contribution in [0, 0.1) is 23.6 Å². The molecule has 3 rings (SSSR count). The minimum absolute atomic E-state index is 0.00898. The third-order valence-corrected chi connectivity index (χ3v) is 8.06. The van der Waals surface area contributed by atoms with Crippen LogP contribution in [0.1, 0.15) is 38.8 Å². The van der Waals surface area contributed by atoms with E-state index in [0.29, 0.717) is 18.7 Å². The SMILES string of the molecule is C[C@H]1CN([C@@H](C)CO)S(=O)(=O)c2ccc(C#CC(C)(C)O)cc2O[C@H]1CN(C)Cc1ccc(F)cc1. The Hall–Kier alpha value is -2.48. The van der Waals surface area contributed by atoms with Gasteiger partial charge < -0.3 is 14.9 Å². The van der Waals surface area contributed by atoms with Crippen molar-refractivity contribution in [1.29, 1.82) is 0 Å². The number of hydrogen-bond acceptors (Lipinski definition) is 6. The van der Waals surface area contributed by atoms with E-state index in [1.54, 1.807) is 45.0 Å². The number of fused-ring (bicyclic) bond motifs is 1. The van der Waals surface area contributed by atoms with Crippen LogP contribution in [0.2, 0.25) is 0 Å². The summed E-state index contributed by atoms with van der Waals surface area (Å²) in [4.78, 5) is 2.05. The number of benzene rings is 2. The maximum absolute atomic E-state index is 13.6. The average Bonchev–Trinajstić information content (AvgIpc) is 2.80. The number of likely N-dealkylation sites (N-methyl/N-ethyl adjacent to an activating group) is 1. The molecule has 0 saturated carbocycles. The molecule has 36 heavy (non-hydrogen) atoms. The molecular formula is C27H35FN2O5S. The van der Waals surface area contributed by atoms with E-state index in [2.05, 4.69) is 11.8 Å². The van der Waals surface area contributed by atoms with Crippen LogP contribution in [-0.4, -0.2) is 72.3 Å². The van der Waals surface area contributed by atoms with Crippen molar-refractivity contribution in [3.8, 4) is 17.6 Å². The minimum Gasteiger partial charge on any atom is -0.487 e. The summed E-state index contributed by atoms with van der Waals surface area (Å²) in [7, 11) is -2.02. The van der Waals surface area contributed by atoms with Crippen LogP contribution >= 0.6 is 0 Å². The fourth-order valence-electron chi connectivity index (χ4n) is 4.02. The standard InChI is InChI=1S/C27H35FN2O5S/c1-19-15-30(20(2)18-31)36(33,34)26-11-8-21(12-13-27(3,4)32)14-24(26)35-25(19)17-29(5)16-22-6-9-23(28)10-7-22/h6-11,14,19-20,25,31-32H,15-18H2,1-5H3/t19-,20-,25-/m0/s1. The summed E-state index contributed by atoms with van der Waals surface area (Å²) in [5, 5.41) is 19.7. The molecule has 7 nitrogen and oxygen atoms in total. The van der Waals surface area contributed by atoms with Gasteiger partial charge in [0.2, 0.25) is 10.0 Å². The molecule has 0 saturated heterocycles. The van der Waals surface area contributed by atoms with E-state index >= 15 is 0 Å². The van der Waals surface area contributed by atoms with Crippen molar-refractivity contribution in [1.82, 2.24) is 9.21 Å². The smallest absolute Gasteiger partial charge is 0.247 e. The van der Waals surface area contributed by atoms with Crippen LogP contribution in [0.5, 0.6) is 5.75 Å². The number of aliphatic hydroxyl groups is 2. The highest BCUT2D eigenvalue weighted by Crippen LogP contribution is 2.34. The van der Waals surface area contributed by atoms with E-state index in [1.165, 1.54) is 22.5 Å². The number of nitrogens with zero attached hydrogens (tertiary/aromatic N) is 2. The zero-order chi connectivity index (χ0) is 26.7. The zero-order valence-electron chi connectivity index (χ0n) is 21.4. The third kappa shape index (κ3) is 7.05. The largest absolute Gasteiger partial charge is 0.487 e. The van der Waals surface area contributed by atoms with Crippen LogP contribution < -0.4 is 4.74 Å². The van der Waals surface area contributed by atoms with Crippen molar-refractivity contribution >= 4 is 10.0 Å². The predicted octanol–water partition coefficient (Wildman–Crippen LogP) is 2.85. The van der Waals surface area contributed by atoms with Crippen LogP contribution in [-0.2, 0) is 16.6 Å². The topological polar surface area (TPSA) is 90.3 Å². The summed E-state index contributed by atoms with van der Waals surface area (Å²) in [5.74, 6) is 5.29. The van der Waals surface area contributed by atoms with Gasteiger partial charge >= 0.3 is 0 Å². The van der Waals surface area contributed by atoms with Crippen LogP contribution in [0.25, 0.3) is 0 Å². The van der Waals surface area contributed by atoms with E-state index in [-0.39, 0.29) is 41.6 Å². The van der Waals surface area contributed by atoms with Gasteiger partial charge in [-0.25, -0.2) is 12.8 Å². The van der Waals surface area contributed by atoms with Crippen molar-refractivity contribution < 1.29 is 27.8 Å². The number of hydrogen-bond donors (Lipinski definition) is 2. The molecule has 9 heteroatoms. The van der Waals surface area contributed by atoms with Crippen molar-refractivity contribution in [2.24, 2.45) is 5.92 Å². The van der Waals surface area contributed by atoms with Crippen molar-refractivity contribution in [2.75, 3.05) is 26.7 Å². The fourth-order valence-corrected chi connectivity index (χ4v) is 5.85. The lowest BCUT2D eigenvalue weighted by atomic mass is 10.0. The Bertz CT molecular complexity index is 1220. The number of ether oxygens (including phenoxy) is 1. The molecule has 0 aliphatic carbocycles. The summed E-state index contributed by atoms with van der Waals surface area (Å²) >= 11 is 0. The lowest BCUT2D eigenvalue weighted by molar-refractivity contribution is 0.0733. The van der Waals surface area contributed by atoms with Gasteiger partial charge in [0, 0.05) is 37.2 Å². The van der Waals surface area contributed by atoms with Gasteiger partial charge in [-0.15, -0.1) is 0 Å². The number of sulfonamides is 1. The number of halogens is 1. The lowest BCUT2D eigenvalue weighted by Crippen LogP contribution is -2.49. The highest BCUT2D eigenvalue weighted by molar-refractivity contribution is 7.89. The van der Waals surface area contributed by atoms with Gasteiger partial charge in [0.15, 0.2) is 0 Å². The first-order valence-electron chi connectivity index (χ1n) is 11.9. The van der Waals surface area contributed by atoms with Gasteiger partial charge in [0.05, 0.1) is 6.61 Å². The molecule has 2 aromatic rings. The Morgan fingerprint density at radius 2 is 1.92 bits per heavy atom. The summed E-state index contributed by atoms with van der Waals surface area (Å²) < 4.78 is 48.1. The maximum Gasteiger partial charge on any atom is 0.247 e. The molecule has 3 atom stereocenters. The Labute approximate surface area is 213 Å². The second kappa shape index (κ2) is 11.3. The van der Waals surface area contributed by atoms with Gasteiger partial charge in [-0.3, -0.25) is 4.90 Å². The molecule has 0 fully saturated rings. The highest BCUT2D eigenvalue weighted by Gasteiger charge is 2.38. The van der Waals surface area contributed by atoms with Crippen LogP contribution in [0.3, 0.4) is 0 Å². The Balaban J connectivity index is 1.99.